The first-order valence-electron chi connectivity index (χ1n) is 2.34. The Morgan fingerprint density at radius 3 is 2.43 bits per heavy atom. The van der Waals surface area contributed by atoms with Crippen molar-refractivity contribution in [1.82, 2.24) is 0 Å². The summed E-state index contributed by atoms with van der Waals surface area (Å²) in [5.74, 6) is 0.970. The van der Waals surface area contributed by atoms with Gasteiger partial charge in [-0.3, -0.25) is 5.14 Å². The molecule has 0 heterocycles. The van der Waals surface area contributed by atoms with E-state index in [1.54, 1.807) is 0 Å². The standard InChI is InChI=1S/C4H12N2S/c1-4(5)2-3-7-6/h4H,2-3,5-6H2,1H3. The van der Waals surface area contributed by atoms with Gasteiger partial charge in [-0.1, -0.05) is 11.9 Å². The number of rotatable bonds is 3. The topological polar surface area (TPSA) is 52.0 Å². The van der Waals surface area contributed by atoms with Crippen LogP contribution in [0, 0.1) is 0 Å². The van der Waals surface area contributed by atoms with Gasteiger partial charge in [0.1, 0.15) is 0 Å². The maximum absolute atomic E-state index is 5.41. The number of hydrogen-bond donors (Lipinski definition) is 2. The highest BCUT2D eigenvalue weighted by Crippen LogP contribution is 1.92. The van der Waals surface area contributed by atoms with Crippen LogP contribution in [-0.2, 0) is 0 Å². The smallest absolute Gasteiger partial charge is 0.00910 e. The Labute approximate surface area is 48.8 Å². The molecule has 0 aliphatic rings. The molecule has 0 saturated carbocycles. The second kappa shape index (κ2) is 4.43. The normalized spacial score (nSPS) is 14.1. The van der Waals surface area contributed by atoms with Gasteiger partial charge in [0.2, 0.25) is 0 Å². The Kier molecular flexibility index (Phi) is 4.60. The molecule has 0 aliphatic heterocycles. The average Bonchev–Trinajstić information content (AvgIpc) is 1.61. The fraction of sp³-hybridized carbons (Fsp3) is 1.00. The summed E-state index contributed by atoms with van der Waals surface area (Å²) in [6.07, 6.45) is 1.02. The molecule has 0 saturated heterocycles. The fourth-order valence-electron chi connectivity index (χ4n) is 0.254. The van der Waals surface area contributed by atoms with Gasteiger partial charge < -0.3 is 5.73 Å². The molecule has 0 bridgehead atoms. The molecule has 0 amide bonds. The van der Waals surface area contributed by atoms with Crippen LogP contribution < -0.4 is 10.9 Å². The molecule has 1 atom stereocenters. The first-order valence-corrected chi connectivity index (χ1v) is 3.39. The van der Waals surface area contributed by atoms with Crippen molar-refractivity contribution in [1.29, 1.82) is 0 Å². The fourth-order valence-corrected chi connectivity index (χ4v) is 0.762. The Bertz CT molecular complexity index is 38.7. The molecule has 2 nitrogen and oxygen atoms in total. The van der Waals surface area contributed by atoms with E-state index in [0.29, 0.717) is 6.04 Å². The number of hydrogen-bond acceptors (Lipinski definition) is 3. The molecule has 0 rings (SSSR count). The van der Waals surface area contributed by atoms with Crippen molar-refractivity contribution in [2.24, 2.45) is 10.9 Å². The first-order chi connectivity index (χ1) is 3.27. The molecule has 0 aliphatic carbocycles. The maximum Gasteiger partial charge on any atom is 0.00910 e. The van der Waals surface area contributed by atoms with Crippen molar-refractivity contribution in [3.8, 4) is 0 Å². The van der Waals surface area contributed by atoms with Crippen molar-refractivity contribution in [3.05, 3.63) is 0 Å². The summed E-state index contributed by atoms with van der Waals surface area (Å²) in [5.41, 5.74) is 5.41. The molecular weight excluding hydrogens is 108 g/mol. The molecule has 0 aromatic carbocycles. The van der Waals surface area contributed by atoms with E-state index in [2.05, 4.69) is 0 Å². The van der Waals surface area contributed by atoms with Gasteiger partial charge in [0.25, 0.3) is 0 Å². The van der Waals surface area contributed by atoms with Gasteiger partial charge in [0.15, 0.2) is 0 Å². The van der Waals surface area contributed by atoms with Crippen LogP contribution in [0.2, 0.25) is 0 Å². The Morgan fingerprint density at radius 1 is 1.71 bits per heavy atom. The number of nitrogens with two attached hydrogens (primary N) is 2. The molecule has 0 aromatic rings. The third-order valence-corrected chi connectivity index (χ3v) is 1.16. The minimum atomic E-state index is 0.302. The molecule has 0 spiro atoms. The van der Waals surface area contributed by atoms with Gasteiger partial charge in [0, 0.05) is 11.8 Å². The van der Waals surface area contributed by atoms with E-state index in [0.717, 1.165) is 12.2 Å². The summed E-state index contributed by atoms with van der Waals surface area (Å²) in [6, 6.07) is 0.302. The second-order valence-corrected chi connectivity index (χ2v) is 2.38. The lowest BCUT2D eigenvalue weighted by molar-refractivity contribution is 0.721. The zero-order valence-electron chi connectivity index (χ0n) is 4.55. The predicted octanol–water partition coefficient (Wildman–Crippen LogP) is 0.331. The van der Waals surface area contributed by atoms with Gasteiger partial charge in [-0.05, 0) is 13.3 Å². The van der Waals surface area contributed by atoms with Gasteiger partial charge in [-0.25, -0.2) is 0 Å². The van der Waals surface area contributed by atoms with Crippen LogP contribution in [0.1, 0.15) is 13.3 Å². The van der Waals surface area contributed by atoms with Crippen molar-refractivity contribution in [2.75, 3.05) is 5.75 Å². The zero-order valence-corrected chi connectivity index (χ0v) is 5.37. The molecule has 0 radical (unpaired) electrons. The lowest BCUT2D eigenvalue weighted by Gasteiger charge is -1.99. The van der Waals surface area contributed by atoms with Crippen LogP contribution >= 0.6 is 11.9 Å². The van der Waals surface area contributed by atoms with Crippen molar-refractivity contribution in [3.63, 3.8) is 0 Å². The van der Waals surface area contributed by atoms with Crippen LogP contribution in [0.15, 0.2) is 0 Å². The quantitative estimate of drug-likeness (QED) is 0.528. The van der Waals surface area contributed by atoms with E-state index in [1.807, 2.05) is 6.92 Å². The van der Waals surface area contributed by atoms with Gasteiger partial charge >= 0.3 is 0 Å². The first kappa shape index (κ1) is 7.27. The highest BCUT2D eigenvalue weighted by molar-refractivity contribution is 7.97. The molecular formula is C4H12N2S. The summed E-state index contributed by atoms with van der Waals surface area (Å²) in [4.78, 5) is 0. The Morgan fingerprint density at radius 2 is 2.29 bits per heavy atom. The van der Waals surface area contributed by atoms with Gasteiger partial charge in [0.05, 0.1) is 0 Å². The highest BCUT2D eigenvalue weighted by Gasteiger charge is 1.89. The average molecular weight is 120 g/mol. The largest absolute Gasteiger partial charge is 0.328 e. The van der Waals surface area contributed by atoms with Gasteiger partial charge in [-0.15, -0.1) is 0 Å². The van der Waals surface area contributed by atoms with Crippen LogP contribution in [0.25, 0.3) is 0 Å². The lowest BCUT2D eigenvalue weighted by atomic mass is 10.3. The third-order valence-electron chi connectivity index (χ3n) is 0.691. The molecule has 0 aromatic heterocycles. The molecule has 44 valence electrons. The van der Waals surface area contributed by atoms with Gasteiger partial charge in [-0.2, -0.15) is 0 Å². The van der Waals surface area contributed by atoms with Crippen LogP contribution in [0.3, 0.4) is 0 Å². The second-order valence-electron chi connectivity index (χ2n) is 1.64. The summed E-state index contributed by atoms with van der Waals surface area (Å²) in [5, 5.41) is 5.14. The predicted molar refractivity (Wildman–Crippen MR) is 34.9 cm³/mol. The highest BCUT2D eigenvalue weighted by atomic mass is 32.2. The van der Waals surface area contributed by atoms with E-state index < -0.39 is 0 Å². The van der Waals surface area contributed by atoms with Crippen LogP contribution in [-0.4, -0.2) is 11.8 Å². The van der Waals surface area contributed by atoms with Crippen molar-refractivity contribution in [2.45, 2.75) is 19.4 Å². The van der Waals surface area contributed by atoms with Crippen LogP contribution in [0.4, 0.5) is 0 Å². The Hall–Kier alpha value is 0.270. The minimum Gasteiger partial charge on any atom is -0.328 e. The molecule has 1 unspecified atom stereocenters. The lowest BCUT2D eigenvalue weighted by Crippen LogP contribution is -2.15. The van der Waals surface area contributed by atoms with Crippen molar-refractivity contribution >= 4 is 11.9 Å². The van der Waals surface area contributed by atoms with Crippen molar-refractivity contribution < 1.29 is 0 Å². The van der Waals surface area contributed by atoms with E-state index in [4.69, 9.17) is 10.9 Å². The molecule has 7 heavy (non-hydrogen) atoms. The van der Waals surface area contributed by atoms with E-state index in [9.17, 15) is 0 Å². The molecule has 0 fully saturated rings. The molecule has 3 heteroatoms. The summed E-state index contributed by atoms with van der Waals surface area (Å²) in [6.45, 7) is 1.98. The van der Waals surface area contributed by atoms with E-state index in [-0.39, 0.29) is 0 Å². The third kappa shape index (κ3) is 6.27. The molecule has 4 N–H and O–H groups in total. The summed E-state index contributed by atoms with van der Waals surface area (Å²) >= 11 is 1.35. The summed E-state index contributed by atoms with van der Waals surface area (Å²) < 4.78 is 0. The van der Waals surface area contributed by atoms with Crippen LogP contribution in [0.5, 0.6) is 0 Å². The SMILES string of the molecule is CC(N)CCSN. The maximum atomic E-state index is 5.41. The summed E-state index contributed by atoms with van der Waals surface area (Å²) in [7, 11) is 0. The van der Waals surface area contributed by atoms with E-state index in [1.165, 1.54) is 11.9 Å². The zero-order chi connectivity index (χ0) is 5.70. The minimum absolute atomic E-state index is 0.302. The Balaban J connectivity index is 2.68. The van der Waals surface area contributed by atoms with E-state index >= 15 is 0 Å². The monoisotopic (exact) mass is 120 g/mol.